The van der Waals surface area contributed by atoms with Crippen LogP contribution in [0.4, 0.5) is 14.5 Å². The van der Waals surface area contributed by atoms with Gasteiger partial charge in [0, 0.05) is 24.0 Å². The van der Waals surface area contributed by atoms with Crippen molar-refractivity contribution in [1.29, 1.82) is 0 Å². The van der Waals surface area contributed by atoms with E-state index in [1.54, 1.807) is 42.5 Å². The van der Waals surface area contributed by atoms with Gasteiger partial charge >= 0.3 is 0 Å². The molecule has 30 heavy (non-hydrogen) atoms. The fourth-order valence-corrected chi connectivity index (χ4v) is 3.82. The van der Waals surface area contributed by atoms with Gasteiger partial charge in [0.05, 0.1) is 18.6 Å². The Morgan fingerprint density at radius 3 is 2.63 bits per heavy atom. The van der Waals surface area contributed by atoms with Crippen molar-refractivity contribution in [3.05, 3.63) is 72.1 Å². The van der Waals surface area contributed by atoms with E-state index in [1.165, 1.54) is 28.9 Å². The number of hydrazone groups is 1. The van der Waals surface area contributed by atoms with E-state index in [0.717, 1.165) is 12.1 Å². The van der Waals surface area contributed by atoms with Crippen LogP contribution in [0.25, 0.3) is 0 Å². The van der Waals surface area contributed by atoms with E-state index < -0.39 is 23.7 Å². The molecule has 2 heterocycles. The lowest BCUT2D eigenvalue weighted by Gasteiger charge is -2.31. The number of nitrogens with zero attached hydrogens (tertiary/aromatic N) is 3. The van der Waals surface area contributed by atoms with Gasteiger partial charge in [-0.05, 0) is 36.4 Å². The molecule has 2 aliphatic heterocycles. The van der Waals surface area contributed by atoms with Crippen molar-refractivity contribution in [2.24, 2.45) is 5.10 Å². The maximum atomic E-state index is 13.5. The number of ketones is 1. The molecule has 1 amide bonds. The lowest BCUT2D eigenvalue weighted by atomic mass is 10.1. The Kier molecular flexibility index (Phi) is 5.40. The number of nitrogens with one attached hydrogen (secondary N) is 1. The first kappa shape index (κ1) is 19.9. The monoisotopic (exact) mass is 430 g/mol. The predicted octanol–water partition coefficient (Wildman–Crippen LogP) is 2.91. The summed E-state index contributed by atoms with van der Waals surface area (Å²) < 4.78 is 31.8. The summed E-state index contributed by atoms with van der Waals surface area (Å²) in [7, 11) is 1.55. The van der Waals surface area contributed by atoms with Gasteiger partial charge in [0.25, 0.3) is 5.91 Å². The third kappa shape index (κ3) is 3.73. The molecular formula is C20H16F2N4O3S. The number of amidine groups is 1. The SMILES string of the molecule is COc1ccc(C(=O)CSC2=NNC3C(=O)N(c4ccc(F)c(F)c4)C=CN23)cc1. The minimum atomic E-state index is -1.04. The number of hydrogen-bond donors (Lipinski definition) is 1. The van der Waals surface area contributed by atoms with Crippen molar-refractivity contribution in [2.75, 3.05) is 17.8 Å². The molecule has 0 spiro atoms. The lowest BCUT2D eigenvalue weighted by Crippen LogP contribution is -2.52. The van der Waals surface area contributed by atoms with Crippen LogP contribution >= 0.6 is 11.8 Å². The Morgan fingerprint density at radius 1 is 1.17 bits per heavy atom. The molecule has 1 atom stereocenters. The zero-order chi connectivity index (χ0) is 21.3. The molecule has 10 heteroatoms. The molecule has 0 saturated heterocycles. The molecule has 1 N–H and O–H groups in total. The molecule has 0 saturated carbocycles. The molecule has 154 valence electrons. The van der Waals surface area contributed by atoms with Gasteiger partial charge in [-0.25, -0.2) is 8.78 Å². The van der Waals surface area contributed by atoms with Crippen molar-refractivity contribution in [2.45, 2.75) is 6.17 Å². The van der Waals surface area contributed by atoms with Gasteiger partial charge in [0.1, 0.15) is 5.75 Å². The van der Waals surface area contributed by atoms with Gasteiger partial charge in [0.2, 0.25) is 6.17 Å². The maximum Gasteiger partial charge on any atom is 0.276 e. The van der Waals surface area contributed by atoms with Gasteiger partial charge in [-0.15, -0.1) is 0 Å². The molecule has 0 radical (unpaired) electrons. The molecule has 4 rings (SSSR count). The number of benzene rings is 2. The largest absolute Gasteiger partial charge is 0.497 e. The summed E-state index contributed by atoms with van der Waals surface area (Å²) in [6.07, 6.45) is 2.21. The highest BCUT2D eigenvalue weighted by Crippen LogP contribution is 2.27. The number of ether oxygens (including phenoxy) is 1. The number of methoxy groups -OCH3 is 1. The zero-order valence-corrected chi connectivity index (χ0v) is 16.5. The van der Waals surface area contributed by atoms with Crippen molar-refractivity contribution >= 4 is 34.3 Å². The van der Waals surface area contributed by atoms with E-state index in [0.29, 0.717) is 16.5 Å². The van der Waals surface area contributed by atoms with Crippen molar-refractivity contribution in [1.82, 2.24) is 10.3 Å². The molecule has 0 fully saturated rings. The molecule has 2 aliphatic rings. The van der Waals surface area contributed by atoms with Gasteiger partial charge in [-0.3, -0.25) is 24.8 Å². The number of fused-ring (bicyclic) bond motifs is 1. The summed E-state index contributed by atoms with van der Waals surface area (Å²) in [5.74, 6) is -1.75. The van der Waals surface area contributed by atoms with Crippen LogP contribution in [0, 0.1) is 11.6 Å². The highest BCUT2D eigenvalue weighted by atomic mass is 32.2. The van der Waals surface area contributed by atoms with Crippen LogP contribution in [-0.4, -0.2) is 40.8 Å². The second kappa shape index (κ2) is 8.15. The molecule has 0 aliphatic carbocycles. The third-order valence-electron chi connectivity index (χ3n) is 4.55. The van der Waals surface area contributed by atoms with Crippen LogP contribution in [0.15, 0.2) is 60.0 Å². The van der Waals surface area contributed by atoms with Gasteiger partial charge in [-0.2, -0.15) is 5.10 Å². The summed E-state index contributed by atoms with van der Waals surface area (Å²) in [5, 5.41) is 4.59. The van der Waals surface area contributed by atoms with E-state index in [2.05, 4.69) is 10.5 Å². The van der Waals surface area contributed by atoms with Gasteiger partial charge in [-0.1, -0.05) is 11.8 Å². The Hall–Kier alpha value is -3.40. The minimum absolute atomic E-state index is 0.0930. The fourth-order valence-electron chi connectivity index (χ4n) is 2.96. The summed E-state index contributed by atoms with van der Waals surface area (Å²) in [6.45, 7) is 0. The van der Waals surface area contributed by atoms with Gasteiger partial charge < -0.3 is 4.74 Å². The summed E-state index contributed by atoms with van der Waals surface area (Å²) in [6, 6.07) is 10.0. The number of hydrogen-bond acceptors (Lipinski definition) is 7. The third-order valence-corrected chi connectivity index (χ3v) is 5.52. The number of halogens is 2. The average Bonchev–Trinajstić information content (AvgIpc) is 3.18. The summed E-state index contributed by atoms with van der Waals surface area (Å²) >= 11 is 1.19. The van der Waals surface area contributed by atoms with Crippen LogP contribution in [0.3, 0.4) is 0 Å². The van der Waals surface area contributed by atoms with Crippen LogP contribution in [0.2, 0.25) is 0 Å². The predicted molar refractivity (Wildman–Crippen MR) is 109 cm³/mol. The number of amides is 1. The first-order valence-electron chi connectivity index (χ1n) is 8.86. The molecule has 7 nitrogen and oxygen atoms in total. The Morgan fingerprint density at radius 2 is 1.93 bits per heavy atom. The molecule has 2 aromatic rings. The number of carbonyl (C=O) groups excluding carboxylic acids is 2. The smallest absolute Gasteiger partial charge is 0.276 e. The zero-order valence-electron chi connectivity index (χ0n) is 15.7. The summed E-state index contributed by atoms with van der Waals surface area (Å²) in [5.41, 5.74) is 3.46. The number of rotatable bonds is 5. The Bertz CT molecular complexity index is 1060. The first-order valence-corrected chi connectivity index (χ1v) is 9.84. The second-order valence-corrected chi connectivity index (χ2v) is 7.32. The van der Waals surface area contributed by atoms with Crippen molar-refractivity contribution in [3.63, 3.8) is 0 Å². The molecule has 0 bridgehead atoms. The second-order valence-electron chi connectivity index (χ2n) is 6.38. The first-order chi connectivity index (χ1) is 14.5. The number of thioether (sulfide) groups is 1. The van der Waals surface area contributed by atoms with E-state index >= 15 is 0 Å². The minimum Gasteiger partial charge on any atom is -0.497 e. The molecular weight excluding hydrogens is 414 g/mol. The van der Waals surface area contributed by atoms with Crippen LogP contribution in [0.5, 0.6) is 5.75 Å². The topological polar surface area (TPSA) is 74.2 Å². The van der Waals surface area contributed by atoms with Crippen LogP contribution in [0.1, 0.15) is 10.4 Å². The standard InChI is InChI=1S/C20H16F2N4O3S/c1-29-14-5-2-12(3-6-14)17(27)11-30-20-24-23-18-19(28)25(8-9-26(18)20)13-4-7-15(21)16(22)10-13/h2-10,18,23H,11H2,1H3. The van der Waals surface area contributed by atoms with E-state index in [1.807, 2.05) is 0 Å². The van der Waals surface area contributed by atoms with Crippen molar-refractivity contribution < 1.29 is 23.1 Å². The average molecular weight is 430 g/mol. The quantitative estimate of drug-likeness (QED) is 0.736. The maximum absolute atomic E-state index is 13.5. The number of Topliss-reactive ketones (excluding diaryl/α,β-unsaturated/α-hetero) is 1. The normalized spacial score (nSPS) is 17.5. The summed E-state index contributed by atoms with van der Waals surface area (Å²) in [4.78, 5) is 28.0. The van der Waals surface area contributed by atoms with E-state index in [9.17, 15) is 18.4 Å². The van der Waals surface area contributed by atoms with Gasteiger partial charge in [0.15, 0.2) is 22.6 Å². The Labute approximate surface area is 175 Å². The van der Waals surface area contributed by atoms with E-state index in [4.69, 9.17) is 4.74 Å². The van der Waals surface area contributed by atoms with Crippen molar-refractivity contribution in [3.8, 4) is 5.75 Å². The van der Waals surface area contributed by atoms with E-state index in [-0.39, 0.29) is 17.2 Å². The Balaban J connectivity index is 1.42. The molecule has 1 unspecified atom stereocenters. The highest BCUT2D eigenvalue weighted by Gasteiger charge is 2.38. The van der Waals surface area contributed by atoms with Crippen LogP contribution < -0.4 is 15.1 Å². The lowest BCUT2D eigenvalue weighted by molar-refractivity contribution is -0.122. The van der Waals surface area contributed by atoms with Crippen LogP contribution in [-0.2, 0) is 4.79 Å². The number of anilines is 1. The fraction of sp³-hybridized carbons (Fsp3) is 0.150. The molecule has 2 aromatic carbocycles. The number of carbonyl (C=O) groups is 2. The highest BCUT2D eigenvalue weighted by molar-refractivity contribution is 8.14. The molecule has 0 aromatic heterocycles.